The lowest BCUT2D eigenvalue weighted by Crippen LogP contribution is -2.39. The van der Waals surface area contributed by atoms with E-state index in [2.05, 4.69) is 62.8 Å². The van der Waals surface area contributed by atoms with Crippen LogP contribution < -0.4 is 65.1 Å². The number of hydrogen-bond donors (Lipinski definition) is 9. The van der Waals surface area contributed by atoms with Gasteiger partial charge < -0.3 is 61.1 Å². The lowest BCUT2D eigenvalue weighted by Gasteiger charge is -2.31. The molecule has 0 aliphatic heterocycles. The third-order valence-corrected chi connectivity index (χ3v) is 25.0. The quantitative estimate of drug-likeness (QED) is 0.0216. The number of phosphoric acid groups is 1. The number of aromatic nitrogens is 9. The first kappa shape index (κ1) is 90.5. The summed E-state index contributed by atoms with van der Waals surface area (Å²) >= 11 is 0. The van der Waals surface area contributed by atoms with Gasteiger partial charge >= 0.3 is 25.1 Å². The van der Waals surface area contributed by atoms with Crippen LogP contribution in [0.25, 0.3) is 33.3 Å². The molecule has 3 aliphatic carbocycles. The van der Waals surface area contributed by atoms with Crippen LogP contribution in [0.2, 0.25) is 0 Å². The molecule has 31 nitrogen and oxygen atoms in total. The van der Waals surface area contributed by atoms with Crippen molar-refractivity contribution in [1.29, 1.82) is 0 Å². The maximum atomic E-state index is 16.8. The monoisotopic (exact) mass is 1760 g/mol. The summed E-state index contributed by atoms with van der Waals surface area (Å²) < 4.78 is 59.0. The SMILES string of the molecule is Cc1cnc(Nc2ccc(C(=O)NC3CCC3)cc2)nc1Nc1c(C(C)(C)C)cc2oc(=O)n(COP(=O)(OCn3c(=O)oc4cc(C(C)(C)C)c(Nc5nc(Nc6ccc(C(=O)NC7CCC7)cc6)ncc5C)c(C(C)(C)C)c43)OCn3c(=O)oc4cc(C(C)(C)C)c(Nc5nc(Nc6ccc(C(=O)NC7CCC7)cc6)ncc5C)c(C(C)(C)C)c43)c2c1C(C)(C)C. The second kappa shape index (κ2) is 34.7. The van der Waals surface area contributed by atoms with Crippen molar-refractivity contribution in [2.75, 3.05) is 31.9 Å². The van der Waals surface area contributed by atoms with Crippen LogP contribution in [0.15, 0.2) is 137 Å². The first-order valence-corrected chi connectivity index (χ1v) is 45.2. The number of oxazole rings is 3. The van der Waals surface area contributed by atoms with Crippen molar-refractivity contribution in [3.63, 3.8) is 0 Å². The molecule has 32 heteroatoms. The van der Waals surface area contributed by atoms with E-state index in [0.717, 1.165) is 74.5 Å². The molecule has 15 rings (SSSR count). The van der Waals surface area contributed by atoms with Crippen LogP contribution >= 0.6 is 7.82 Å². The molecule has 0 atom stereocenters. The Balaban J connectivity index is 0.818. The Labute approximate surface area is 743 Å². The van der Waals surface area contributed by atoms with Gasteiger partial charge in [0.25, 0.3) is 17.7 Å². The van der Waals surface area contributed by atoms with E-state index >= 15 is 18.9 Å². The van der Waals surface area contributed by atoms with Crippen LogP contribution in [0.3, 0.4) is 0 Å². The first-order valence-electron chi connectivity index (χ1n) is 43.8. The van der Waals surface area contributed by atoms with Gasteiger partial charge in [0, 0.05) is 121 Å². The standard InChI is InChI=1S/C96H117N18O13P/c1-52-46-97-85(103-61-37-31-55(32-38-61)82(115)100-58-25-22-26-58)109-79(52)106-73-64(91(4,5)6)43-67-76(70(73)94(13,14)15)112(88(118)125-67)49-122-128(121,123-50-113-77-68(126-89(113)119)44-65(92(7,8)9)74(71(77)95(16,17)18)107-80-53(2)47-98-86(110-80)104-62-39-33-56(34-40-62)83(116)101-59-27-23-28-59)124-51-114-78-69(127-90(114)120)45-66(93(10,11)12)75(72(78)96(19,20)21)108-81-54(3)48-99-87(111-81)105-63-41-35-57(36-42-63)84(117)102-60-29-24-30-60/h31-48,58-60H,22-30,49-51H2,1-21H3,(H,100,115)(H,101,116)(H,102,117)(H2,97,103,106,109)(H2,98,104,107,110)(H2,99,105,108,111). The van der Waals surface area contributed by atoms with Gasteiger partial charge in [0.05, 0.1) is 16.6 Å². The molecule has 3 aliphatic rings. The molecule has 3 amide bonds. The Morgan fingerprint density at radius 3 is 0.828 bits per heavy atom. The first-order chi connectivity index (χ1) is 60.2. The highest BCUT2D eigenvalue weighted by atomic mass is 31.2. The molecule has 3 fully saturated rings. The van der Waals surface area contributed by atoms with Crippen LogP contribution in [-0.2, 0) is 70.8 Å². The summed E-state index contributed by atoms with van der Waals surface area (Å²) in [6, 6.07) is 27.2. The minimum Gasteiger partial charge on any atom is -0.408 e. The van der Waals surface area contributed by atoms with Crippen molar-refractivity contribution in [3.8, 4) is 0 Å². The summed E-state index contributed by atoms with van der Waals surface area (Å²) in [6.45, 7) is 39.2. The molecular formula is C96H117N18O13P. The van der Waals surface area contributed by atoms with E-state index in [1.54, 1.807) is 110 Å². The van der Waals surface area contributed by atoms with Gasteiger partial charge in [-0.2, -0.15) is 15.0 Å². The van der Waals surface area contributed by atoms with E-state index < -0.39 is 77.8 Å². The second-order valence-electron chi connectivity index (χ2n) is 40.1. The van der Waals surface area contributed by atoms with E-state index in [1.807, 2.05) is 145 Å². The zero-order valence-electron chi connectivity index (χ0n) is 76.9. The molecule has 0 bridgehead atoms. The number of aryl methyl sites for hydroxylation is 3. The molecule has 0 radical (unpaired) electrons. The van der Waals surface area contributed by atoms with Crippen molar-refractivity contribution in [2.24, 2.45) is 0 Å². The lowest BCUT2D eigenvalue weighted by atomic mass is 9.78. The Morgan fingerprint density at radius 2 is 0.617 bits per heavy atom. The number of nitrogens with zero attached hydrogens (tertiary/aromatic N) is 9. The molecule has 9 N–H and O–H groups in total. The summed E-state index contributed by atoms with van der Waals surface area (Å²) in [5.74, 6) is -1.11. The summed E-state index contributed by atoms with van der Waals surface area (Å²) in [4.78, 5) is 114. The molecule has 6 aromatic heterocycles. The van der Waals surface area contributed by atoms with Gasteiger partial charge in [-0.05, 0) is 219 Å². The predicted octanol–water partition coefficient (Wildman–Crippen LogP) is 20.2. The topological polar surface area (TPSA) is 387 Å². The van der Waals surface area contributed by atoms with Gasteiger partial charge in [-0.3, -0.25) is 28.0 Å². The summed E-state index contributed by atoms with van der Waals surface area (Å²) in [6.07, 6.45) is 14.1. The molecule has 3 saturated carbocycles. The molecule has 6 heterocycles. The Hall–Kier alpha value is -12.3. The van der Waals surface area contributed by atoms with Crippen molar-refractivity contribution >= 4 is 128 Å². The number of carbonyl (C=O) groups excluding carboxylic acids is 3. The number of carbonyl (C=O) groups is 3. The number of nitrogens with one attached hydrogen (secondary N) is 9. The summed E-state index contributed by atoms with van der Waals surface area (Å²) in [5.41, 5.74) is 8.08. The highest BCUT2D eigenvalue weighted by Crippen LogP contribution is 2.54. The number of benzene rings is 6. The molecule has 12 aromatic rings. The van der Waals surface area contributed by atoms with Gasteiger partial charge in [-0.15, -0.1) is 0 Å². The van der Waals surface area contributed by atoms with Crippen molar-refractivity contribution in [1.82, 2.24) is 59.6 Å². The van der Waals surface area contributed by atoms with E-state index in [4.69, 9.17) is 41.8 Å². The van der Waals surface area contributed by atoms with Crippen LogP contribution in [0.5, 0.6) is 0 Å². The lowest BCUT2D eigenvalue weighted by molar-refractivity contribution is 0.0520. The van der Waals surface area contributed by atoms with Crippen LogP contribution in [-0.4, -0.2) is 79.5 Å². The van der Waals surface area contributed by atoms with Crippen molar-refractivity contribution in [2.45, 2.75) is 274 Å². The molecule has 0 spiro atoms. The summed E-state index contributed by atoms with van der Waals surface area (Å²) in [7, 11) is -5.36. The number of fused-ring (bicyclic) bond motifs is 3. The van der Waals surface area contributed by atoms with Gasteiger partial charge in [-0.25, -0.2) is 47.6 Å². The van der Waals surface area contributed by atoms with Gasteiger partial charge in [0.1, 0.15) is 37.6 Å². The number of anilines is 12. The fourth-order valence-corrected chi connectivity index (χ4v) is 17.1. The molecular weight excluding hydrogens is 1640 g/mol. The van der Waals surface area contributed by atoms with Gasteiger partial charge in [0.2, 0.25) is 17.8 Å². The number of hydrogen-bond acceptors (Lipinski definition) is 25. The third kappa shape index (κ3) is 19.4. The summed E-state index contributed by atoms with van der Waals surface area (Å²) in [5, 5.41) is 30.2. The third-order valence-electron chi connectivity index (χ3n) is 23.7. The fourth-order valence-electron chi connectivity index (χ4n) is 16.1. The van der Waals surface area contributed by atoms with E-state index in [1.165, 1.54) is 13.7 Å². The normalized spacial score (nSPS) is 14.5. The molecule has 674 valence electrons. The maximum Gasteiger partial charge on any atom is 0.480 e. The van der Waals surface area contributed by atoms with Crippen LogP contribution in [0.4, 0.5) is 69.4 Å². The van der Waals surface area contributed by atoms with E-state index in [0.29, 0.717) is 102 Å². The Kier molecular flexibility index (Phi) is 24.5. The highest BCUT2D eigenvalue weighted by Gasteiger charge is 2.40. The molecule has 0 saturated heterocycles. The zero-order chi connectivity index (χ0) is 91.8. The van der Waals surface area contributed by atoms with Crippen LogP contribution in [0.1, 0.15) is 264 Å². The largest absolute Gasteiger partial charge is 0.480 e. The number of phosphoric ester groups is 1. The minimum atomic E-state index is -5.36. The molecule has 128 heavy (non-hydrogen) atoms. The average molecular weight is 1760 g/mol. The Morgan fingerprint density at radius 1 is 0.375 bits per heavy atom. The second-order valence-corrected chi connectivity index (χ2v) is 41.8. The molecule has 0 unspecified atom stereocenters. The maximum absolute atomic E-state index is 16.8. The van der Waals surface area contributed by atoms with Crippen molar-refractivity contribution in [3.05, 3.63) is 208 Å². The predicted molar refractivity (Wildman–Crippen MR) is 499 cm³/mol. The van der Waals surface area contributed by atoms with E-state index in [9.17, 15) is 14.4 Å². The van der Waals surface area contributed by atoms with Crippen molar-refractivity contribution < 1.29 is 45.8 Å². The average Bonchev–Trinajstić information content (AvgIpc) is 1.60. The fraction of sp³-hybridized carbons (Fsp3) is 0.438. The van der Waals surface area contributed by atoms with Crippen LogP contribution in [0, 0.1) is 20.8 Å². The zero-order valence-corrected chi connectivity index (χ0v) is 77.8. The molecule has 6 aromatic carbocycles. The van der Waals surface area contributed by atoms with E-state index in [-0.39, 0.29) is 87.0 Å². The smallest absolute Gasteiger partial charge is 0.408 e. The Bertz CT molecular complexity index is 5910. The number of amides is 3. The number of rotatable bonds is 27. The highest BCUT2D eigenvalue weighted by molar-refractivity contribution is 7.48. The minimum absolute atomic E-state index is 0.137. The van der Waals surface area contributed by atoms with Gasteiger partial charge in [0.15, 0.2) is 16.7 Å². The van der Waals surface area contributed by atoms with Gasteiger partial charge in [-0.1, -0.05) is 125 Å².